The molecule has 4 rings (SSSR count). The van der Waals surface area contributed by atoms with Gasteiger partial charge >= 0.3 is 11.9 Å². The van der Waals surface area contributed by atoms with E-state index >= 15 is 0 Å². The number of nitrogens with one attached hydrogen (secondary N) is 1. The minimum Gasteiger partial charge on any atom is -0.389 e. The van der Waals surface area contributed by atoms with Crippen LogP contribution in [0.25, 0.3) is 10.9 Å². The number of aliphatic imine (C=N–C) groups is 1. The minimum atomic E-state index is -0.778. The highest BCUT2D eigenvalue weighted by molar-refractivity contribution is 6.17. The number of halogens is 1. The van der Waals surface area contributed by atoms with E-state index in [1.54, 1.807) is 24.4 Å². The first-order chi connectivity index (χ1) is 13.9. The van der Waals surface area contributed by atoms with Gasteiger partial charge in [-0.1, -0.05) is 44.2 Å². The van der Waals surface area contributed by atoms with E-state index in [0.717, 1.165) is 27.7 Å². The van der Waals surface area contributed by atoms with Crippen molar-refractivity contribution in [2.75, 3.05) is 6.54 Å². The molecule has 1 aliphatic heterocycles. The van der Waals surface area contributed by atoms with Gasteiger partial charge in [0.05, 0.1) is 5.56 Å². The number of hydrogen-bond donors (Lipinski definition) is 1. The van der Waals surface area contributed by atoms with E-state index in [1.165, 1.54) is 0 Å². The highest BCUT2D eigenvalue weighted by Crippen LogP contribution is 2.39. The van der Waals surface area contributed by atoms with Crippen LogP contribution < -0.4 is 0 Å². The number of rotatable bonds is 3. The number of benzene rings is 2. The lowest BCUT2D eigenvalue weighted by atomic mass is 9.81. The van der Waals surface area contributed by atoms with Crippen molar-refractivity contribution in [3.05, 3.63) is 70.9 Å². The highest BCUT2D eigenvalue weighted by atomic mass is 35.5. The van der Waals surface area contributed by atoms with Crippen LogP contribution in [-0.2, 0) is 20.8 Å². The Morgan fingerprint density at radius 3 is 2.79 bits per heavy atom. The number of fused-ring (bicyclic) bond motifs is 3. The lowest BCUT2D eigenvalue weighted by Crippen LogP contribution is -2.24. The van der Waals surface area contributed by atoms with E-state index < -0.39 is 17.9 Å². The molecule has 3 aromatic rings. The van der Waals surface area contributed by atoms with Gasteiger partial charge in [-0.2, -0.15) is 0 Å². The summed E-state index contributed by atoms with van der Waals surface area (Å²) in [6.45, 7) is 4.73. The Bertz CT molecular complexity index is 1130. The molecule has 2 heterocycles. The molecule has 1 atom stereocenters. The average molecular weight is 409 g/mol. The Kier molecular flexibility index (Phi) is 5.01. The van der Waals surface area contributed by atoms with Gasteiger partial charge in [0.1, 0.15) is 5.92 Å². The van der Waals surface area contributed by atoms with Gasteiger partial charge in [0.2, 0.25) is 0 Å². The van der Waals surface area contributed by atoms with Gasteiger partial charge in [-0.25, -0.2) is 4.79 Å². The normalized spacial score (nSPS) is 17.6. The highest BCUT2D eigenvalue weighted by Gasteiger charge is 2.36. The zero-order valence-electron chi connectivity index (χ0n) is 16.2. The van der Waals surface area contributed by atoms with E-state index in [1.807, 2.05) is 30.3 Å². The third-order valence-electron chi connectivity index (χ3n) is 5.23. The number of aromatic amines is 1. The molecule has 1 N–H and O–H groups in total. The first kappa shape index (κ1) is 19.4. The summed E-state index contributed by atoms with van der Waals surface area (Å²) in [5, 5.41) is 1.05. The van der Waals surface area contributed by atoms with Crippen molar-refractivity contribution in [2.24, 2.45) is 4.99 Å². The summed E-state index contributed by atoms with van der Waals surface area (Å²) >= 11 is 5.83. The van der Waals surface area contributed by atoms with E-state index in [9.17, 15) is 9.59 Å². The van der Waals surface area contributed by atoms with Crippen LogP contribution in [0.5, 0.6) is 0 Å². The van der Waals surface area contributed by atoms with Gasteiger partial charge < -0.3 is 9.72 Å². The molecule has 5 nitrogen and oxygen atoms in total. The molecule has 0 aliphatic carbocycles. The number of aromatic nitrogens is 1. The molecule has 0 saturated carbocycles. The third-order valence-corrected chi connectivity index (χ3v) is 5.54. The van der Waals surface area contributed by atoms with Crippen molar-refractivity contribution in [1.82, 2.24) is 4.98 Å². The largest absolute Gasteiger partial charge is 0.389 e. The molecule has 29 heavy (non-hydrogen) atoms. The number of carbonyl (C=O) groups is 2. The smallest absolute Gasteiger partial charge is 0.345 e. The van der Waals surface area contributed by atoms with Gasteiger partial charge in [-0.3, -0.25) is 9.79 Å². The second kappa shape index (κ2) is 7.48. The summed E-state index contributed by atoms with van der Waals surface area (Å²) in [4.78, 5) is 33.3. The fraction of sp³-hybridized carbons (Fsp3) is 0.261. The topological polar surface area (TPSA) is 71.5 Å². The standard InChI is InChI=1S/C23H21ClN2O3/c1-23(2)13-25-12-17(20-19(23)16-8-3-4-9-18(16)26-20)22(28)29-21(27)15-7-5-6-14(10-15)11-24/h3-10,12,17,26H,11,13H2,1-2H3. The summed E-state index contributed by atoms with van der Waals surface area (Å²) in [6.07, 6.45) is 1.58. The van der Waals surface area contributed by atoms with Crippen LogP contribution >= 0.6 is 11.6 Å². The fourth-order valence-corrected chi connectivity index (χ4v) is 4.01. The lowest BCUT2D eigenvalue weighted by Gasteiger charge is -2.23. The van der Waals surface area contributed by atoms with Crippen LogP contribution in [0.2, 0.25) is 0 Å². The molecule has 1 aromatic heterocycles. The van der Waals surface area contributed by atoms with Gasteiger partial charge in [0.15, 0.2) is 0 Å². The quantitative estimate of drug-likeness (QED) is 0.386. The summed E-state index contributed by atoms with van der Waals surface area (Å²) in [6, 6.07) is 14.7. The molecule has 148 valence electrons. The van der Waals surface area contributed by atoms with E-state index in [2.05, 4.69) is 23.8 Å². The molecular formula is C23H21ClN2O3. The number of alkyl halides is 1. The van der Waals surface area contributed by atoms with E-state index in [4.69, 9.17) is 16.3 Å². The van der Waals surface area contributed by atoms with Crippen molar-refractivity contribution < 1.29 is 14.3 Å². The predicted octanol–water partition coefficient (Wildman–Crippen LogP) is 4.74. The number of carbonyl (C=O) groups excluding carboxylic acids is 2. The van der Waals surface area contributed by atoms with Crippen molar-refractivity contribution >= 4 is 40.7 Å². The zero-order chi connectivity index (χ0) is 20.6. The third kappa shape index (κ3) is 3.58. The predicted molar refractivity (Wildman–Crippen MR) is 114 cm³/mol. The molecule has 1 aliphatic rings. The lowest BCUT2D eigenvalue weighted by molar-refractivity contribution is -0.138. The van der Waals surface area contributed by atoms with Crippen molar-refractivity contribution in [3.8, 4) is 0 Å². The first-order valence-corrected chi connectivity index (χ1v) is 9.96. The molecule has 2 aromatic carbocycles. The number of nitrogens with zero attached hydrogens (tertiary/aromatic N) is 1. The number of ether oxygens (including phenoxy) is 1. The summed E-state index contributed by atoms with van der Waals surface area (Å²) in [7, 11) is 0. The number of hydrogen-bond acceptors (Lipinski definition) is 4. The number of para-hydroxylation sites is 1. The Labute approximate surface area is 173 Å². The fourth-order valence-electron chi connectivity index (χ4n) is 3.84. The van der Waals surface area contributed by atoms with Gasteiger partial charge in [-0.05, 0) is 29.3 Å². The second-order valence-electron chi connectivity index (χ2n) is 7.85. The summed E-state index contributed by atoms with van der Waals surface area (Å²) < 4.78 is 5.22. The maximum atomic E-state index is 13.0. The monoisotopic (exact) mass is 408 g/mol. The van der Waals surface area contributed by atoms with Crippen molar-refractivity contribution in [2.45, 2.75) is 31.1 Å². The van der Waals surface area contributed by atoms with Crippen LogP contribution in [0.1, 0.15) is 46.9 Å². The summed E-state index contributed by atoms with van der Waals surface area (Å²) in [5.41, 5.74) is 3.51. The van der Waals surface area contributed by atoms with Gasteiger partial charge in [-0.15, -0.1) is 11.6 Å². The van der Waals surface area contributed by atoms with Crippen LogP contribution in [0.4, 0.5) is 0 Å². The Hall–Kier alpha value is -2.92. The van der Waals surface area contributed by atoms with Gasteiger partial charge in [0, 0.05) is 40.7 Å². The van der Waals surface area contributed by atoms with E-state index in [-0.39, 0.29) is 11.3 Å². The molecule has 0 amide bonds. The average Bonchev–Trinajstić information content (AvgIpc) is 3.05. The number of esters is 2. The molecule has 0 fully saturated rings. The molecular weight excluding hydrogens is 388 g/mol. The maximum absolute atomic E-state index is 13.0. The SMILES string of the molecule is CC1(C)CN=CC(C(=O)OC(=O)c2cccc(CCl)c2)c2[nH]c3ccccc3c21. The van der Waals surface area contributed by atoms with Crippen LogP contribution in [0.3, 0.4) is 0 Å². The molecule has 0 spiro atoms. The Morgan fingerprint density at radius 1 is 1.21 bits per heavy atom. The Morgan fingerprint density at radius 2 is 2.00 bits per heavy atom. The second-order valence-corrected chi connectivity index (χ2v) is 8.12. The van der Waals surface area contributed by atoms with Gasteiger partial charge in [0.25, 0.3) is 0 Å². The Balaban J connectivity index is 1.69. The molecule has 1 unspecified atom stereocenters. The molecule has 0 radical (unpaired) electrons. The summed E-state index contributed by atoms with van der Waals surface area (Å²) in [5.74, 6) is -1.85. The minimum absolute atomic E-state index is 0.265. The van der Waals surface area contributed by atoms with Crippen LogP contribution in [0.15, 0.2) is 53.5 Å². The molecule has 6 heteroatoms. The van der Waals surface area contributed by atoms with Crippen molar-refractivity contribution in [1.29, 1.82) is 0 Å². The van der Waals surface area contributed by atoms with Crippen molar-refractivity contribution in [3.63, 3.8) is 0 Å². The zero-order valence-corrected chi connectivity index (χ0v) is 17.0. The molecule has 0 saturated heterocycles. The maximum Gasteiger partial charge on any atom is 0.345 e. The van der Waals surface area contributed by atoms with E-state index in [0.29, 0.717) is 12.1 Å². The number of H-pyrrole nitrogens is 1. The first-order valence-electron chi connectivity index (χ1n) is 9.42. The molecule has 0 bridgehead atoms. The van der Waals surface area contributed by atoms with Crippen LogP contribution in [-0.4, -0.2) is 29.7 Å². The van der Waals surface area contributed by atoms with Crippen LogP contribution in [0, 0.1) is 0 Å².